The fraction of sp³-hybridized carbons (Fsp3) is 0.400. The van der Waals surface area contributed by atoms with Gasteiger partial charge in [0.15, 0.2) is 0 Å². The van der Waals surface area contributed by atoms with Gasteiger partial charge in [0.2, 0.25) is 0 Å². The Labute approximate surface area is 109 Å². The minimum absolute atomic E-state index is 0.0100. The Kier molecular flexibility index (Phi) is 5.33. The maximum absolute atomic E-state index is 13.6. The number of hydrogen-bond acceptors (Lipinski definition) is 3. The van der Waals surface area contributed by atoms with Gasteiger partial charge in [-0.05, 0) is 18.6 Å². The van der Waals surface area contributed by atoms with Crippen molar-refractivity contribution in [2.75, 3.05) is 6.61 Å². The van der Waals surface area contributed by atoms with Gasteiger partial charge in [-0.1, -0.05) is 31.9 Å². The Morgan fingerprint density at radius 2 is 1.88 bits per heavy atom. The standard InChI is InChI=1S/C10H11Br2FO3/c11-5-3-6(12)9(7(13)4-5)10(16)8(15)1-2-14/h3-4,8,10,14-16H,1-2H2. The van der Waals surface area contributed by atoms with Crippen LogP contribution in [0.2, 0.25) is 0 Å². The van der Waals surface area contributed by atoms with E-state index >= 15 is 0 Å². The third-order valence-electron chi connectivity index (χ3n) is 2.13. The molecular formula is C10H11Br2FO3. The molecule has 0 aliphatic heterocycles. The van der Waals surface area contributed by atoms with Crippen LogP contribution in [0.3, 0.4) is 0 Å². The summed E-state index contributed by atoms with van der Waals surface area (Å²) in [5.41, 5.74) is -0.0100. The molecule has 0 aromatic heterocycles. The first-order valence-electron chi connectivity index (χ1n) is 4.58. The van der Waals surface area contributed by atoms with Crippen LogP contribution in [0.4, 0.5) is 4.39 Å². The zero-order chi connectivity index (χ0) is 12.3. The van der Waals surface area contributed by atoms with Crippen LogP contribution in [0.5, 0.6) is 0 Å². The molecular weight excluding hydrogens is 347 g/mol. The maximum atomic E-state index is 13.6. The van der Waals surface area contributed by atoms with Crippen molar-refractivity contribution in [2.45, 2.75) is 18.6 Å². The molecule has 3 N–H and O–H groups in total. The SMILES string of the molecule is OCCC(O)C(O)c1c(F)cc(Br)cc1Br. The molecule has 0 saturated heterocycles. The van der Waals surface area contributed by atoms with E-state index in [2.05, 4.69) is 31.9 Å². The highest BCUT2D eigenvalue weighted by molar-refractivity contribution is 9.11. The Hall–Kier alpha value is -0.0100. The first-order chi connectivity index (χ1) is 7.47. The minimum Gasteiger partial charge on any atom is -0.396 e. The highest BCUT2D eigenvalue weighted by Crippen LogP contribution is 2.32. The zero-order valence-corrected chi connectivity index (χ0v) is 11.4. The molecule has 6 heteroatoms. The molecule has 90 valence electrons. The van der Waals surface area contributed by atoms with Gasteiger partial charge in [-0.2, -0.15) is 0 Å². The van der Waals surface area contributed by atoms with E-state index in [0.29, 0.717) is 8.95 Å². The molecule has 0 aliphatic rings. The first-order valence-corrected chi connectivity index (χ1v) is 6.17. The van der Waals surface area contributed by atoms with E-state index in [4.69, 9.17) is 5.11 Å². The molecule has 1 aromatic carbocycles. The summed E-state index contributed by atoms with van der Waals surface area (Å²) in [6.07, 6.45) is -2.57. The van der Waals surface area contributed by atoms with Crippen LogP contribution in [0.25, 0.3) is 0 Å². The summed E-state index contributed by atoms with van der Waals surface area (Å²) in [7, 11) is 0. The summed E-state index contributed by atoms with van der Waals surface area (Å²) in [6.45, 7) is -0.270. The summed E-state index contributed by atoms with van der Waals surface area (Å²) in [4.78, 5) is 0. The third kappa shape index (κ3) is 3.24. The summed E-state index contributed by atoms with van der Waals surface area (Å²) in [5, 5.41) is 27.8. The van der Waals surface area contributed by atoms with Gasteiger partial charge in [0.05, 0.1) is 6.10 Å². The maximum Gasteiger partial charge on any atom is 0.131 e. The summed E-state index contributed by atoms with van der Waals surface area (Å²) >= 11 is 6.22. The van der Waals surface area contributed by atoms with Crippen molar-refractivity contribution in [3.63, 3.8) is 0 Å². The van der Waals surface area contributed by atoms with E-state index in [9.17, 15) is 14.6 Å². The minimum atomic E-state index is -1.37. The summed E-state index contributed by atoms with van der Waals surface area (Å²) < 4.78 is 14.5. The molecule has 0 saturated carbocycles. The van der Waals surface area contributed by atoms with Gasteiger partial charge in [0.1, 0.15) is 11.9 Å². The predicted molar refractivity (Wildman–Crippen MR) is 64.5 cm³/mol. The second kappa shape index (κ2) is 6.07. The van der Waals surface area contributed by atoms with Crippen molar-refractivity contribution in [1.29, 1.82) is 0 Å². The molecule has 1 rings (SSSR count). The molecule has 0 fully saturated rings. The highest BCUT2D eigenvalue weighted by atomic mass is 79.9. The summed E-state index contributed by atoms with van der Waals surface area (Å²) in [5.74, 6) is -0.620. The molecule has 3 nitrogen and oxygen atoms in total. The second-order valence-corrected chi connectivity index (χ2v) is 5.08. The highest BCUT2D eigenvalue weighted by Gasteiger charge is 2.23. The first kappa shape index (κ1) is 14.1. The number of aliphatic hydroxyl groups excluding tert-OH is 3. The zero-order valence-electron chi connectivity index (χ0n) is 8.20. The van der Waals surface area contributed by atoms with E-state index in [1.807, 2.05) is 0 Å². The lowest BCUT2D eigenvalue weighted by Gasteiger charge is -2.19. The molecule has 16 heavy (non-hydrogen) atoms. The molecule has 1 aromatic rings. The van der Waals surface area contributed by atoms with Gasteiger partial charge >= 0.3 is 0 Å². The van der Waals surface area contributed by atoms with Gasteiger partial charge in [0.25, 0.3) is 0 Å². The number of aliphatic hydroxyl groups is 3. The second-order valence-electron chi connectivity index (χ2n) is 3.31. The monoisotopic (exact) mass is 356 g/mol. The molecule has 2 atom stereocenters. The number of rotatable bonds is 4. The van der Waals surface area contributed by atoms with E-state index < -0.39 is 18.0 Å². The van der Waals surface area contributed by atoms with Crippen molar-refractivity contribution < 1.29 is 19.7 Å². The molecule has 0 spiro atoms. The molecule has 0 bridgehead atoms. The average molecular weight is 358 g/mol. The lowest BCUT2D eigenvalue weighted by molar-refractivity contribution is 0.00194. The lowest BCUT2D eigenvalue weighted by atomic mass is 10.0. The number of halogens is 3. The fourth-order valence-corrected chi connectivity index (χ4v) is 2.73. The fourth-order valence-electron chi connectivity index (χ4n) is 1.32. The van der Waals surface area contributed by atoms with Gasteiger partial charge in [-0.3, -0.25) is 0 Å². The molecule has 0 amide bonds. The van der Waals surface area contributed by atoms with Crippen molar-refractivity contribution in [2.24, 2.45) is 0 Å². The number of benzene rings is 1. The quantitative estimate of drug-likeness (QED) is 0.773. The van der Waals surface area contributed by atoms with Crippen LogP contribution < -0.4 is 0 Å². The molecule has 0 heterocycles. The predicted octanol–water partition coefficient (Wildman–Crippen LogP) is 2.13. The van der Waals surface area contributed by atoms with E-state index in [0.717, 1.165) is 0 Å². The Bertz CT molecular complexity index is 350. The Morgan fingerprint density at radius 1 is 1.25 bits per heavy atom. The van der Waals surface area contributed by atoms with E-state index in [1.54, 1.807) is 6.07 Å². The van der Waals surface area contributed by atoms with Crippen molar-refractivity contribution in [3.05, 3.63) is 32.5 Å². The van der Waals surface area contributed by atoms with Gasteiger partial charge in [0, 0.05) is 21.1 Å². The van der Waals surface area contributed by atoms with Gasteiger partial charge in [-0.25, -0.2) is 4.39 Å². The normalized spacial score (nSPS) is 14.9. The topological polar surface area (TPSA) is 60.7 Å². The Morgan fingerprint density at radius 3 is 2.38 bits per heavy atom. The van der Waals surface area contributed by atoms with E-state index in [1.165, 1.54) is 6.07 Å². The molecule has 2 unspecified atom stereocenters. The largest absolute Gasteiger partial charge is 0.396 e. The smallest absolute Gasteiger partial charge is 0.131 e. The van der Waals surface area contributed by atoms with Crippen molar-refractivity contribution in [1.82, 2.24) is 0 Å². The van der Waals surface area contributed by atoms with Crippen LogP contribution >= 0.6 is 31.9 Å². The molecule has 0 radical (unpaired) electrons. The lowest BCUT2D eigenvalue weighted by Crippen LogP contribution is -2.21. The van der Waals surface area contributed by atoms with Crippen molar-refractivity contribution in [3.8, 4) is 0 Å². The van der Waals surface area contributed by atoms with Crippen LogP contribution in [0.15, 0.2) is 21.1 Å². The average Bonchev–Trinajstić information content (AvgIpc) is 2.16. The molecule has 0 aliphatic carbocycles. The van der Waals surface area contributed by atoms with Crippen LogP contribution in [-0.2, 0) is 0 Å². The van der Waals surface area contributed by atoms with Crippen molar-refractivity contribution >= 4 is 31.9 Å². The number of hydrogen-bond donors (Lipinski definition) is 3. The van der Waals surface area contributed by atoms with Gasteiger partial charge in [-0.15, -0.1) is 0 Å². The third-order valence-corrected chi connectivity index (χ3v) is 3.24. The van der Waals surface area contributed by atoms with Crippen LogP contribution in [0, 0.1) is 5.82 Å². The van der Waals surface area contributed by atoms with E-state index in [-0.39, 0.29) is 18.6 Å². The van der Waals surface area contributed by atoms with Crippen LogP contribution in [0.1, 0.15) is 18.1 Å². The Balaban J connectivity index is 3.03. The summed E-state index contributed by atoms with van der Waals surface area (Å²) in [6, 6.07) is 2.78. The van der Waals surface area contributed by atoms with Crippen LogP contribution in [-0.4, -0.2) is 28.0 Å². The van der Waals surface area contributed by atoms with Gasteiger partial charge < -0.3 is 15.3 Å².